The highest BCUT2D eigenvalue weighted by Crippen LogP contribution is 2.27. The number of carbonyl (C=O) groups excluding carboxylic acids is 1. The molecule has 3 aromatic rings. The summed E-state index contributed by atoms with van der Waals surface area (Å²) in [5.41, 5.74) is 4.45. The Morgan fingerprint density at radius 3 is 2.52 bits per heavy atom. The van der Waals surface area contributed by atoms with Crippen LogP contribution in [-0.2, 0) is 6.54 Å². The zero-order chi connectivity index (χ0) is 17.4. The van der Waals surface area contributed by atoms with Crippen LogP contribution in [0.5, 0.6) is 0 Å². The van der Waals surface area contributed by atoms with Crippen LogP contribution < -0.4 is 0 Å². The van der Waals surface area contributed by atoms with Gasteiger partial charge in [0.25, 0.3) is 5.91 Å². The maximum absolute atomic E-state index is 13.1. The van der Waals surface area contributed by atoms with E-state index in [2.05, 4.69) is 65.2 Å². The van der Waals surface area contributed by atoms with Crippen LogP contribution in [0.15, 0.2) is 41.8 Å². The highest BCUT2D eigenvalue weighted by molar-refractivity contribution is 7.17. The van der Waals surface area contributed by atoms with Gasteiger partial charge < -0.3 is 14.4 Å². The fourth-order valence-electron chi connectivity index (χ4n) is 3.37. The Morgan fingerprint density at radius 2 is 1.80 bits per heavy atom. The van der Waals surface area contributed by atoms with Crippen molar-refractivity contribution in [2.24, 2.45) is 0 Å². The van der Waals surface area contributed by atoms with E-state index in [-0.39, 0.29) is 5.91 Å². The zero-order valence-corrected chi connectivity index (χ0v) is 15.6. The van der Waals surface area contributed by atoms with E-state index in [1.54, 1.807) is 11.3 Å². The van der Waals surface area contributed by atoms with Gasteiger partial charge in [-0.25, -0.2) is 0 Å². The number of nitrogens with zero attached hydrogens (tertiary/aromatic N) is 3. The standard InChI is InChI=1S/C20H23N3OS/c1-15-3-5-16(6-4-15)14-23-17-7-12-25-19(17)13-18(23)20(24)22-10-8-21(2)9-11-22/h3-7,12-13H,8-11,14H2,1-2H3. The lowest BCUT2D eigenvalue weighted by atomic mass is 10.1. The number of aromatic nitrogens is 1. The van der Waals surface area contributed by atoms with Gasteiger partial charge in [0.2, 0.25) is 0 Å². The first-order chi connectivity index (χ1) is 12.1. The van der Waals surface area contributed by atoms with Gasteiger partial charge in [0.1, 0.15) is 5.69 Å². The van der Waals surface area contributed by atoms with Crippen molar-refractivity contribution in [2.45, 2.75) is 13.5 Å². The summed E-state index contributed by atoms with van der Waals surface area (Å²) in [4.78, 5) is 17.4. The molecule has 0 unspecified atom stereocenters. The number of hydrogen-bond donors (Lipinski definition) is 0. The van der Waals surface area contributed by atoms with E-state index < -0.39 is 0 Å². The lowest BCUT2D eigenvalue weighted by molar-refractivity contribution is 0.0654. The summed E-state index contributed by atoms with van der Waals surface area (Å²) in [5.74, 6) is 0.156. The van der Waals surface area contributed by atoms with E-state index >= 15 is 0 Å². The lowest BCUT2D eigenvalue weighted by Gasteiger charge is -2.32. The number of fused-ring (bicyclic) bond motifs is 1. The minimum Gasteiger partial charge on any atom is -0.335 e. The normalized spacial score (nSPS) is 15.8. The van der Waals surface area contributed by atoms with Crippen LogP contribution >= 0.6 is 11.3 Å². The largest absolute Gasteiger partial charge is 0.335 e. The molecule has 1 saturated heterocycles. The van der Waals surface area contributed by atoms with Gasteiger partial charge in [-0.1, -0.05) is 29.8 Å². The van der Waals surface area contributed by atoms with Crippen molar-refractivity contribution >= 4 is 27.5 Å². The highest BCUT2D eigenvalue weighted by Gasteiger charge is 2.24. The van der Waals surface area contributed by atoms with Crippen molar-refractivity contribution in [3.05, 3.63) is 58.6 Å². The van der Waals surface area contributed by atoms with Crippen LogP contribution in [-0.4, -0.2) is 53.5 Å². The molecule has 5 heteroatoms. The number of thiophene rings is 1. The Labute approximate surface area is 152 Å². The Balaban J connectivity index is 1.67. The summed E-state index contributed by atoms with van der Waals surface area (Å²) in [6.07, 6.45) is 0. The summed E-state index contributed by atoms with van der Waals surface area (Å²) in [5, 5.41) is 2.10. The molecule has 0 spiro atoms. The Kier molecular flexibility index (Phi) is 4.36. The molecular formula is C20H23N3OS. The quantitative estimate of drug-likeness (QED) is 0.721. The fourth-order valence-corrected chi connectivity index (χ4v) is 4.19. The molecule has 0 N–H and O–H groups in total. The molecule has 1 amide bonds. The van der Waals surface area contributed by atoms with E-state index in [1.807, 2.05) is 4.90 Å². The van der Waals surface area contributed by atoms with Crippen LogP contribution in [0.2, 0.25) is 0 Å². The maximum atomic E-state index is 13.1. The molecule has 1 aromatic carbocycles. The molecule has 130 valence electrons. The molecule has 1 aliphatic heterocycles. The first-order valence-electron chi connectivity index (χ1n) is 8.72. The molecule has 3 heterocycles. The third-order valence-corrected chi connectivity index (χ3v) is 5.85. The van der Waals surface area contributed by atoms with E-state index in [0.717, 1.165) is 43.9 Å². The second-order valence-corrected chi connectivity index (χ2v) is 7.81. The van der Waals surface area contributed by atoms with Crippen LogP contribution in [0, 0.1) is 6.92 Å². The Hall–Kier alpha value is -2.11. The number of piperazine rings is 1. The van der Waals surface area contributed by atoms with Crippen LogP contribution in [0.1, 0.15) is 21.6 Å². The fraction of sp³-hybridized carbons (Fsp3) is 0.350. The average molecular weight is 353 g/mol. The molecule has 0 bridgehead atoms. The Morgan fingerprint density at radius 1 is 1.08 bits per heavy atom. The first-order valence-corrected chi connectivity index (χ1v) is 9.60. The van der Waals surface area contributed by atoms with Gasteiger partial charge in [-0.3, -0.25) is 4.79 Å². The van der Waals surface area contributed by atoms with Gasteiger partial charge in [-0.2, -0.15) is 0 Å². The van der Waals surface area contributed by atoms with Gasteiger partial charge in [0.05, 0.1) is 10.2 Å². The number of carbonyl (C=O) groups is 1. The van der Waals surface area contributed by atoms with Gasteiger partial charge in [0.15, 0.2) is 0 Å². The maximum Gasteiger partial charge on any atom is 0.270 e. The van der Waals surface area contributed by atoms with Crippen molar-refractivity contribution in [1.29, 1.82) is 0 Å². The van der Waals surface area contributed by atoms with E-state index in [0.29, 0.717) is 0 Å². The number of aryl methyl sites for hydroxylation is 1. The molecule has 1 aliphatic rings. The monoisotopic (exact) mass is 353 g/mol. The van der Waals surface area contributed by atoms with Gasteiger partial charge >= 0.3 is 0 Å². The van der Waals surface area contributed by atoms with Crippen LogP contribution in [0.4, 0.5) is 0 Å². The third-order valence-electron chi connectivity index (χ3n) is 4.99. The first kappa shape index (κ1) is 16.4. The molecular weight excluding hydrogens is 330 g/mol. The SMILES string of the molecule is Cc1ccc(Cn2c(C(=O)N3CCN(C)CC3)cc3sccc32)cc1. The third kappa shape index (κ3) is 3.22. The molecule has 1 fully saturated rings. The lowest BCUT2D eigenvalue weighted by Crippen LogP contribution is -2.47. The number of hydrogen-bond acceptors (Lipinski definition) is 3. The predicted molar refractivity (Wildman–Crippen MR) is 103 cm³/mol. The highest BCUT2D eigenvalue weighted by atomic mass is 32.1. The van der Waals surface area contributed by atoms with Gasteiger partial charge in [-0.05, 0) is 37.0 Å². The number of likely N-dealkylation sites (N-methyl/N-ethyl adjacent to an activating group) is 1. The van der Waals surface area contributed by atoms with Crippen molar-refractivity contribution in [2.75, 3.05) is 33.2 Å². The summed E-state index contributed by atoms with van der Waals surface area (Å²) in [7, 11) is 2.11. The summed E-state index contributed by atoms with van der Waals surface area (Å²) in [6.45, 7) is 6.32. The van der Waals surface area contributed by atoms with E-state index in [1.165, 1.54) is 15.8 Å². The van der Waals surface area contributed by atoms with E-state index in [9.17, 15) is 4.79 Å². The molecule has 2 aromatic heterocycles. The van der Waals surface area contributed by atoms with Gasteiger partial charge in [0, 0.05) is 32.7 Å². The molecule has 4 nitrogen and oxygen atoms in total. The zero-order valence-electron chi connectivity index (χ0n) is 14.7. The average Bonchev–Trinajstić information content (AvgIpc) is 3.19. The van der Waals surface area contributed by atoms with Crippen molar-refractivity contribution in [3.8, 4) is 0 Å². The van der Waals surface area contributed by atoms with Gasteiger partial charge in [-0.15, -0.1) is 11.3 Å². The van der Waals surface area contributed by atoms with Crippen molar-refractivity contribution < 1.29 is 4.79 Å². The van der Waals surface area contributed by atoms with Crippen LogP contribution in [0.3, 0.4) is 0 Å². The molecule has 0 radical (unpaired) electrons. The smallest absolute Gasteiger partial charge is 0.270 e. The molecule has 0 aliphatic carbocycles. The second-order valence-electron chi connectivity index (χ2n) is 6.87. The summed E-state index contributed by atoms with van der Waals surface area (Å²) < 4.78 is 3.36. The van der Waals surface area contributed by atoms with Crippen LogP contribution in [0.25, 0.3) is 10.2 Å². The van der Waals surface area contributed by atoms with Crippen molar-refractivity contribution in [1.82, 2.24) is 14.4 Å². The second kappa shape index (κ2) is 6.65. The molecule has 0 saturated carbocycles. The Bertz CT molecular complexity index is 885. The summed E-state index contributed by atoms with van der Waals surface area (Å²) in [6, 6.07) is 12.7. The minimum absolute atomic E-state index is 0.156. The topological polar surface area (TPSA) is 28.5 Å². The molecule has 0 atom stereocenters. The minimum atomic E-state index is 0.156. The predicted octanol–water partition coefficient (Wildman–Crippen LogP) is 3.45. The number of rotatable bonds is 3. The summed E-state index contributed by atoms with van der Waals surface area (Å²) >= 11 is 1.70. The number of amides is 1. The van der Waals surface area contributed by atoms with E-state index in [4.69, 9.17) is 0 Å². The number of benzene rings is 1. The molecule has 25 heavy (non-hydrogen) atoms. The molecule has 4 rings (SSSR count). The van der Waals surface area contributed by atoms with Crippen molar-refractivity contribution in [3.63, 3.8) is 0 Å².